The van der Waals surface area contributed by atoms with E-state index in [9.17, 15) is 0 Å². The normalized spacial score (nSPS) is 15.3. The zero-order valence-electron chi connectivity index (χ0n) is 6.50. The molecule has 2 aromatic rings. The Bertz CT molecular complexity index is 433. The van der Waals surface area contributed by atoms with Crippen molar-refractivity contribution < 1.29 is 0 Å². The van der Waals surface area contributed by atoms with Gasteiger partial charge >= 0.3 is 0 Å². The third kappa shape index (κ3) is 0.743. The Morgan fingerprint density at radius 1 is 1.42 bits per heavy atom. The maximum Gasteiger partial charge on any atom is 0.199 e. The van der Waals surface area contributed by atoms with E-state index in [1.165, 1.54) is 35.1 Å². The van der Waals surface area contributed by atoms with Gasteiger partial charge in [0.15, 0.2) is 6.33 Å². The van der Waals surface area contributed by atoms with Crippen LogP contribution in [0.3, 0.4) is 0 Å². The topological polar surface area (TPSA) is 25.8 Å². The van der Waals surface area contributed by atoms with Crippen LogP contribution in [0.5, 0.6) is 0 Å². The Kier molecular flexibility index (Phi) is 1.23. The van der Waals surface area contributed by atoms with E-state index in [4.69, 9.17) is 0 Å². The van der Waals surface area contributed by atoms with Gasteiger partial charge in [0.05, 0.1) is 0 Å². The number of hydrogen-bond donors (Lipinski definition) is 0. The number of rotatable bonds is 0. The Morgan fingerprint density at radius 2 is 2.42 bits per heavy atom. The van der Waals surface area contributed by atoms with Crippen molar-refractivity contribution in [2.24, 2.45) is 0 Å². The first-order chi connectivity index (χ1) is 5.95. The van der Waals surface area contributed by atoms with Gasteiger partial charge in [0.1, 0.15) is 4.83 Å². The summed E-state index contributed by atoms with van der Waals surface area (Å²) >= 11 is 1.80. The SMILES string of the molecule is [c]1ncc2c3c(sc2n1)CCC3. The molecule has 3 rings (SSSR count). The van der Waals surface area contributed by atoms with Gasteiger partial charge in [0.25, 0.3) is 0 Å². The second-order valence-corrected chi connectivity index (χ2v) is 4.13. The lowest BCUT2D eigenvalue weighted by atomic mass is 10.2. The van der Waals surface area contributed by atoms with Crippen LogP contribution in [0, 0.1) is 6.33 Å². The molecule has 0 unspecified atom stereocenters. The lowest BCUT2D eigenvalue weighted by molar-refractivity contribution is 0.917. The number of thiophene rings is 1. The number of fused-ring (bicyclic) bond motifs is 3. The van der Waals surface area contributed by atoms with Crippen molar-refractivity contribution in [3.63, 3.8) is 0 Å². The van der Waals surface area contributed by atoms with E-state index in [-0.39, 0.29) is 0 Å². The van der Waals surface area contributed by atoms with Crippen LogP contribution in [0.2, 0.25) is 0 Å². The lowest BCUT2D eigenvalue weighted by Gasteiger charge is -1.88. The number of hydrogen-bond acceptors (Lipinski definition) is 3. The highest BCUT2D eigenvalue weighted by Gasteiger charge is 2.17. The molecule has 2 aromatic heterocycles. The van der Waals surface area contributed by atoms with Crippen LogP contribution in [-0.4, -0.2) is 9.97 Å². The van der Waals surface area contributed by atoms with Crippen LogP contribution >= 0.6 is 11.3 Å². The van der Waals surface area contributed by atoms with Gasteiger partial charge in [-0.1, -0.05) is 0 Å². The predicted molar refractivity (Wildman–Crippen MR) is 48.3 cm³/mol. The summed E-state index contributed by atoms with van der Waals surface area (Å²) in [6.45, 7) is 0. The molecule has 59 valence electrons. The molecule has 0 aromatic carbocycles. The average Bonchev–Trinajstić information content (AvgIpc) is 2.62. The van der Waals surface area contributed by atoms with Crippen LogP contribution in [0.1, 0.15) is 16.9 Å². The molecule has 0 saturated carbocycles. The molecule has 0 saturated heterocycles. The Balaban J connectivity index is 2.44. The Hall–Kier alpha value is -0.960. The Labute approximate surface area is 74.3 Å². The molecular weight excluding hydrogens is 168 g/mol. The van der Waals surface area contributed by atoms with Gasteiger partial charge in [-0.05, 0) is 24.8 Å². The molecule has 2 nitrogen and oxygen atoms in total. The molecule has 0 spiro atoms. The summed E-state index contributed by atoms with van der Waals surface area (Å²) in [5, 5.41) is 1.26. The first-order valence-electron chi connectivity index (χ1n) is 4.08. The second-order valence-electron chi connectivity index (χ2n) is 3.05. The largest absolute Gasteiger partial charge is 0.233 e. The summed E-state index contributed by atoms with van der Waals surface area (Å²) in [4.78, 5) is 10.7. The summed E-state index contributed by atoms with van der Waals surface area (Å²) in [6, 6.07) is 0. The van der Waals surface area contributed by atoms with Crippen molar-refractivity contribution in [3.8, 4) is 0 Å². The fraction of sp³-hybridized carbons (Fsp3) is 0.333. The molecule has 2 heterocycles. The Morgan fingerprint density at radius 3 is 3.42 bits per heavy atom. The third-order valence-electron chi connectivity index (χ3n) is 2.35. The standard InChI is InChI=1S/C9H7N2S/c1-2-6-7-4-10-5-11-9(7)12-8(6)3-1/h4H,1-3H2. The maximum atomic E-state index is 4.13. The zero-order valence-corrected chi connectivity index (χ0v) is 7.32. The highest BCUT2D eigenvalue weighted by Crippen LogP contribution is 2.35. The summed E-state index contributed by atoms with van der Waals surface area (Å²) in [6.07, 6.45) is 8.27. The number of aromatic nitrogens is 2. The zero-order chi connectivity index (χ0) is 7.97. The molecule has 0 atom stereocenters. The van der Waals surface area contributed by atoms with Gasteiger partial charge in [-0.3, -0.25) is 0 Å². The van der Waals surface area contributed by atoms with Crippen molar-refractivity contribution in [3.05, 3.63) is 23.0 Å². The second kappa shape index (κ2) is 2.26. The lowest BCUT2D eigenvalue weighted by Crippen LogP contribution is -1.79. The fourth-order valence-electron chi connectivity index (χ4n) is 1.80. The summed E-state index contributed by atoms with van der Waals surface area (Å²) in [7, 11) is 0. The molecule has 12 heavy (non-hydrogen) atoms. The molecular formula is C9H7N2S. The van der Waals surface area contributed by atoms with Gasteiger partial charge in [0.2, 0.25) is 0 Å². The van der Waals surface area contributed by atoms with Crippen LogP contribution in [0.4, 0.5) is 0 Å². The minimum atomic E-state index is 1.11. The molecule has 1 radical (unpaired) electrons. The molecule has 3 heteroatoms. The van der Waals surface area contributed by atoms with E-state index in [2.05, 4.69) is 16.3 Å². The predicted octanol–water partition coefficient (Wildman–Crippen LogP) is 1.98. The highest BCUT2D eigenvalue weighted by atomic mass is 32.1. The molecule has 0 aliphatic heterocycles. The van der Waals surface area contributed by atoms with E-state index in [0.717, 1.165) is 4.83 Å². The van der Waals surface area contributed by atoms with E-state index < -0.39 is 0 Å². The van der Waals surface area contributed by atoms with E-state index in [1.54, 1.807) is 11.3 Å². The first-order valence-corrected chi connectivity index (χ1v) is 4.90. The number of aryl methyl sites for hydroxylation is 2. The molecule has 0 amide bonds. The van der Waals surface area contributed by atoms with Gasteiger partial charge in [-0.15, -0.1) is 11.3 Å². The van der Waals surface area contributed by atoms with Crippen LogP contribution in [-0.2, 0) is 12.8 Å². The van der Waals surface area contributed by atoms with E-state index in [1.807, 2.05) is 6.20 Å². The summed E-state index contributed by atoms with van der Waals surface area (Å²) in [5.41, 5.74) is 1.49. The monoisotopic (exact) mass is 175 g/mol. The highest BCUT2D eigenvalue weighted by molar-refractivity contribution is 7.18. The first kappa shape index (κ1) is 6.54. The minimum Gasteiger partial charge on any atom is -0.233 e. The summed E-state index contributed by atoms with van der Waals surface area (Å²) < 4.78 is 0. The number of nitrogens with zero attached hydrogens (tertiary/aromatic N) is 2. The quantitative estimate of drug-likeness (QED) is 0.612. The molecule has 0 N–H and O–H groups in total. The molecule has 0 bridgehead atoms. The fourth-order valence-corrected chi connectivity index (χ4v) is 2.99. The van der Waals surface area contributed by atoms with Crippen molar-refractivity contribution in [2.75, 3.05) is 0 Å². The third-order valence-corrected chi connectivity index (χ3v) is 3.55. The van der Waals surface area contributed by atoms with Crippen molar-refractivity contribution >= 4 is 21.6 Å². The average molecular weight is 175 g/mol. The maximum absolute atomic E-state index is 4.13. The molecule has 1 aliphatic rings. The van der Waals surface area contributed by atoms with Gasteiger partial charge < -0.3 is 0 Å². The van der Waals surface area contributed by atoms with Gasteiger partial charge in [-0.25, -0.2) is 9.97 Å². The van der Waals surface area contributed by atoms with Gasteiger partial charge in [0, 0.05) is 16.5 Å². The van der Waals surface area contributed by atoms with Crippen molar-refractivity contribution in [1.82, 2.24) is 9.97 Å². The van der Waals surface area contributed by atoms with E-state index in [0.29, 0.717) is 0 Å². The minimum absolute atomic E-state index is 1.11. The van der Waals surface area contributed by atoms with Gasteiger partial charge in [-0.2, -0.15) is 0 Å². The van der Waals surface area contributed by atoms with Crippen molar-refractivity contribution in [1.29, 1.82) is 0 Å². The van der Waals surface area contributed by atoms with Crippen LogP contribution in [0.15, 0.2) is 6.20 Å². The van der Waals surface area contributed by atoms with E-state index >= 15 is 0 Å². The van der Waals surface area contributed by atoms with Crippen LogP contribution in [0.25, 0.3) is 10.2 Å². The van der Waals surface area contributed by atoms with Crippen LogP contribution < -0.4 is 0 Å². The summed E-state index contributed by atoms with van der Waals surface area (Å²) in [5.74, 6) is 0. The van der Waals surface area contributed by atoms with Crippen molar-refractivity contribution in [2.45, 2.75) is 19.3 Å². The molecule has 0 fully saturated rings. The smallest absolute Gasteiger partial charge is 0.199 e. The molecule has 1 aliphatic carbocycles.